The molecule has 2 bridgehead atoms. The third kappa shape index (κ3) is 3.44. The number of likely N-dealkylation sites (tertiary alicyclic amines) is 1. The first-order chi connectivity index (χ1) is 16.6. The molecule has 0 radical (unpaired) electrons. The molecule has 4 aromatic heterocycles. The molecule has 2 aliphatic rings. The van der Waals surface area contributed by atoms with Gasteiger partial charge in [0.25, 0.3) is 0 Å². The van der Waals surface area contributed by atoms with Crippen molar-refractivity contribution in [3.63, 3.8) is 0 Å². The third-order valence-electron chi connectivity index (χ3n) is 8.32. The van der Waals surface area contributed by atoms with Crippen molar-refractivity contribution in [1.29, 1.82) is 0 Å². The van der Waals surface area contributed by atoms with Gasteiger partial charge in [0.1, 0.15) is 4.83 Å². The Kier molecular flexibility index (Phi) is 5.29. The van der Waals surface area contributed by atoms with E-state index in [2.05, 4.69) is 60.8 Å². The first-order valence-electron chi connectivity index (χ1n) is 12.3. The molecule has 1 saturated heterocycles. The first kappa shape index (κ1) is 23.0. The van der Waals surface area contributed by atoms with Gasteiger partial charge in [0, 0.05) is 34.6 Å². The van der Waals surface area contributed by atoms with Crippen molar-refractivity contribution in [2.45, 2.75) is 65.3 Å². The second-order valence-electron chi connectivity index (χ2n) is 10.7. The van der Waals surface area contributed by atoms with Gasteiger partial charge in [-0.1, -0.05) is 13.8 Å². The number of carbonyl (C=O) groups is 1. The van der Waals surface area contributed by atoms with Crippen LogP contribution in [0.25, 0.3) is 27.1 Å². The number of carbonyl (C=O) groups excluding carboxylic acids is 1. The number of primary amides is 1. The minimum atomic E-state index is -0.222. The molecule has 1 aliphatic carbocycles. The summed E-state index contributed by atoms with van der Waals surface area (Å²) in [5, 5.41) is 6.02. The number of pyridine rings is 1. The van der Waals surface area contributed by atoms with Gasteiger partial charge in [0.15, 0.2) is 5.65 Å². The van der Waals surface area contributed by atoms with Crippen LogP contribution in [0.4, 0.5) is 0 Å². The van der Waals surface area contributed by atoms with Crippen LogP contribution >= 0.6 is 22.9 Å². The Labute approximate surface area is 213 Å². The van der Waals surface area contributed by atoms with Crippen molar-refractivity contribution in [3.05, 3.63) is 38.6 Å². The number of amides is 1. The van der Waals surface area contributed by atoms with E-state index in [-0.39, 0.29) is 11.2 Å². The Bertz CT molecular complexity index is 1500. The maximum Gasteiger partial charge on any atom is 0.243 e. The van der Waals surface area contributed by atoms with Crippen LogP contribution in [-0.2, 0) is 4.79 Å². The maximum atomic E-state index is 11.5. The number of halogens is 1. The summed E-state index contributed by atoms with van der Waals surface area (Å²) >= 11 is 8.04. The fraction of sp³-hybridized carbons (Fsp3) is 0.500. The average Bonchev–Trinajstić information content (AvgIpc) is 3.57. The smallest absolute Gasteiger partial charge is 0.243 e. The SMILES string of the molecule is Cc1c(-c2[nH]c3sc(C4C[C@@H]5C[C@H]4CN5CC(N)=O)c(C)c3c2C(C)C)cn2nc(Cl)nc2c1C. The Balaban J connectivity index is 1.44. The molecule has 4 aromatic rings. The second kappa shape index (κ2) is 8.05. The summed E-state index contributed by atoms with van der Waals surface area (Å²) in [6.45, 7) is 12.4. The average molecular weight is 511 g/mol. The minimum absolute atomic E-state index is 0.222. The highest BCUT2D eigenvalue weighted by Crippen LogP contribution is 2.53. The molecular formula is C26H31ClN6OS. The standard InChI is InChI=1S/C26H31ClN6OS/c1-11(2)20-21-14(5)23(17-7-16-6-15(17)8-32(16)10-19(28)34)35-25(21)29-22(20)18-9-33-24(13(4)12(18)3)30-26(27)31-33/h9,11,15-17,29H,6-8,10H2,1-5H3,(H2,28,34)/t15-,16-,17?/m0/s1. The van der Waals surface area contributed by atoms with Gasteiger partial charge in [-0.3, -0.25) is 9.69 Å². The highest BCUT2D eigenvalue weighted by molar-refractivity contribution is 7.19. The maximum absolute atomic E-state index is 11.5. The van der Waals surface area contributed by atoms with Crippen molar-refractivity contribution in [1.82, 2.24) is 24.5 Å². The number of hydrogen-bond donors (Lipinski definition) is 2. The summed E-state index contributed by atoms with van der Waals surface area (Å²) in [5.74, 6) is 1.31. The second-order valence-corrected chi connectivity index (χ2v) is 12.1. The first-order valence-corrected chi connectivity index (χ1v) is 13.5. The normalized spacial score (nSPS) is 22.4. The lowest BCUT2D eigenvalue weighted by Gasteiger charge is -2.30. The third-order valence-corrected chi connectivity index (χ3v) is 9.82. The van der Waals surface area contributed by atoms with Crippen LogP contribution < -0.4 is 5.73 Å². The molecule has 3 N–H and O–H groups in total. The number of nitrogens with zero attached hydrogens (tertiary/aromatic N) is 4. The van der Waals surface area contributed by atoms with Crippen molar-refractivity contribution >= 4 is 44.7 Å². The van der Waals surface area contributed by atoms with Gasteiger partial charge in [-0.25, -0.2) is 4.52 Å². The van der Waals surface area contributed by atoms with Gasteiger partial charge in [0.05, 0.1) is 12.2 Å². The van der Waals surface area contributed by atoms with Crippen LogP contribution in [0.1, 0.15) is 65.7 Å². The van der Waals surface area contributed by atoms with Gasteiger partial charge >= 0.3 is 0 Å². The fourth-order valence-corrected chi connectivity index (χ4v) is 8.23. The Hall–Kier alpha value is -2.42. The zero-order chi connectivity index (χ0) is 24.8. The van der Waals surface area contributed by atoms with E-state index in [1.54, 1.807) is 4.52 Å². The predicted octanol–water partition coefficient (Wildman–Crippen LogP) is 5.30. The quantitative estimate of drug-likeness (QED) is 0.381. The molecule has 1 aliphatic heterocycles. The molecular weight excluding hydrogens is 480 g/mol. The number of fused-ring (bicyclic) bond motifs is 4. The van der Waals surface area contributed by atoms with Crippen LogP contribution in [0, 0.1) is 26.7 Å². The summed E-state index contributed by atoms with van der Waals surface area (Å²) in [6.07, 6.45) is 4.34. The number of aryl methyl sites for hydroxylation is 2. The van der Waals surface area contributed by atoms with E-state index < -0.39 is 0 Å². The van der Waals surface area contributed by atoms with E-state index in [1.165, 1.54) is 43.9 Å². The van der Waals surface area contributed by atoms with Crippen LogP contribution in [-0.4, -0.2) is 49.5 Å². The molecule has 7 nitrogen and oxygen atoms in total. The zero-order valence-electron chi connectivity index (χ0n) is 20.8. The van der Waals surface area contributed by atoms with Crippen molar-refractivity contribution in [2.24, 2.45) is 11.7 Å². The monoisotopic (exact) mass is 510 g/mol. The molecule has 1 unspecified atom stereocenters. The van der Waals surface area contributed by atoms with E-state index in [0.717, 1.165) is 29.7 Å². The number of nitrogens with one attached hydrogen (secondary N) is 1. The van der Waals surface area contributed by atoms with Gasteiger partial charge < -0.3 is 10.7 Å². The molecule has 5 heterocycles. The number of piperidine rings is 1. The van der Waals surface area contributed by atoms with E-state index >= 15 is 0 Å². The van der Waals surface area contributed by atoms with Crippen LogP contribution in [0.3, 0.4) is 0 Å². The Morgan fingerprint density at radius 2 is 2.03 bits per heavy atom. The molecule has 3 atom stereocenters. The van der Waals surface area contributed by atoms with Crippen LogP contribution in [0.15, 0.2) is 6.20 Å². The van der Waals surface area contributed by atoms with E-state index in [4.69, 9.17) is 17.3 Å². The molecule has 2 fully saturated rings. The van der Waals surface area contributed by atoms with Gasteiger partial charge in [0.2, 0.25) is 11.2 Å². The number of thiophene rings is 1. The van der Waals surface area contributed by atoms with Crippen molar-refractivity contribution in [2.75, 3.05) is 13.1 Å². The summed E-state index contributed by atoms with van der Waals surface area (Å²) in [7, 11) is 0. The number of H-pyrrole nitrogens is 1. The van der Waals surface area contributed by atoms with Gasteiger partial charge in [-0.2, -0.15) is 4.98 Å². The van der Waals surface area contributed by atoms with Crippen molar-refractivity contribution in [3.8, 4) is 11.3 Å². The zero-order valence-corrected chi connectivity index (χ0v) is 22.3. The molecule has 184 valence electrons. The molecule has 35 heavy (non-hydrogen) atoms. The van der Waals surface area contributed by atoms with E-state index in [9.17, 15) is 4.79 Å². The molecule has 6 rings (SSSR count). The van der Waals surface area contributed by atoms with E-state index in [0.29, 0.717) is 30.3 Å². The number of hydrogen-bond acceptors (Lipinski definition) is 5. The molecule has 1 saturated carbocycles. The van der Waals surface area contributed by atoms with Crippen LogP contribution in [0.2, 0.25) is 5.28 Å². The summed E-state index contributed by atoms with van der Waals surface area (Å²) < 4.78 is 1.80. The molecule has 1 amide bonds. The summed E-state index contributed by atoms with van der Waals surface area (Å²) in [5.41, 5.74) is 13.7. The fourth-order valence-electron chi connectivity index (χ4n) is 6.64. The number of aromatic nitrogens is 4. The van der Waals surface area contributed by atoms with E-state index in [1.807, 2.05) is 11.3 Å². The van der Waals surface area contributed by atoms with Crippen LogP contribution in [0.5, 0.6) is 0 Å². The Morgan fingerprint density at radius 3 is 2.69 bits per heavy atom. The highest BCUT2D eigenvalue weighted by Gasteiger charge is 2.46. The van der Waals surface area contributed by atoms with Crippen molar-refractivity contribution < 1.29 is 4.79 Å². The minimum Gasteiger partial charge on any atom is -0.369 e. The predicted molar refractivity (Wildman–Crippen MR) is 141 cm³/mol. The number of nitrogens with two attached hydrogens (primary N) is 1. The lowest BCUT2D eigenvalue weighted by molar-refractivity contribution is -0.119. The number of aromatic amines is 1. The summed E-state index contributed by atoms with van der Waals surface area (Å²) in [6, 6.07) is 0.476. The molecule has 0 aromatic carbocycles. The topological polar surface area (TPSA) is 92.3 Å². The van der Waals surface area contributed by atoms with Gasteiger partial charge in [-0.15, -0.1) is 16.4 Å². The summed E-state index contributed by atoms with van der Waals surface area (Å²) in [4.78, 5) is 24.7. The van der Waals surface area contributed by atoms with Gasteiger partial charge in [-0.05, 0) is 85.2 Å². The Morgan fingerprint density at radius 1 is 1.26 bits per heavy atom. The largest absolute Gasteiger partial charge is 0.369 e. The molecule has 9 heteroatoms. The number of rotatable bonds is 5. The highest BCUT2D eigenvalue weighted by atomic mass is 35.5. The molecule has 0 spiro atoms. The lowest BCUT2D eigenvalue weighted by Crippen LogP contribution is -2.40. The lowest BCUT2D eigenvalue weighted by atomic mass is 9.88.